The smallest absolute Gasteiger partial charge is 0.303 e. The maximum absolute atomic E-state index is 12.2. The van der Waals surface area contributed by atoms with E-state index in [0.29, 0.717) is 0 Å². The number of hydrogen-bond acceptors (Lipinski definition) is 18. The number of carbonyl (C=O) groups is 7. The molecule has 10 atom stereocenters. The summed E-state index contributed by atoms with van der Waals surface area (Å²) in [5.74, 6) is -6.03. The predicted molar refractivity (Wildman–Crippen MR) is 135 cm³/mol. The van der Waals surface area contributed by atoms with E-state index in [1.54, 1.807) is 0 Å². The third kappa shape index (κ3) is 10.7. The Bertz CT molecular complexity index is 1090. The molecule has 2 heterocycles. The summed E-state index contributed by atoms with van der Waals surface area (Å²) >= 11 is 0. The van der Waals surface area contributed by atoms with Crippen LogP contribution in [0.2, 0.25) is 0 Å². The second-order valence-electron chi connectivity index (χ2n) is 9.68. The molecule has 2 rings (SSSR count). The molecule has 18 nitrogen and oxygen atoms in total. The van der Waals surface area contributed by atoms with Gasteiger partial charge in [-0.2, -0.15) is 0 Å². The molecule has 2 aliphatic heterocycles. The summed E-state index contributed by atoms with van der Waals surface area (Å²) in [5.41, 5.74) is 0. The van der Waals surface area contributed by atoms with Gasteiger partial charge in [-0.25, -0.2) is 0 Å². The highest BCUT2D eigenvalue weighted by Gasteiger charge is 2.57. The van der Waals surface area contributed by atoms with Gasteiger partial charge in [0.1, 0.15) is 31.5 Å². The molecule has 0 aromatic heterocycles. The summed E-state index contributed by atoms with van der Waals surface area (Å²) in [7, 11) is 0. The van der Waals surface area contributed by atoms with Crippen LogP contribution in [-0.2, 0) is 80.9 Å². The van der Waals surface area contributed by atoms with Gasteiger partial charge in [0, 0.05) is 48.5 Å². The van der Waals surface area contributed by atoms with Crippen LogP contribution in [0.5, 0.6) is 0 Å². The Labute approximate surface area is 251 Å². The van der Waals surface area contributed by atoms with Gasteiger partial charge < -0.3 is 52.5 Å². The second-order valence-corrected chi connectivity index (χ2v) is 9.68. The van der Waals surface area contributed by atoms with E-state index >= 15 is 0 Å². The zero-order chi connectivity index (χ0) is 33.3. The van der Waals surface area contributed by atoms with Gasteiger partial charge in [-0.15, -0.1) is 0 Å². The van der Waals surface area contributed by atoms with E-state index in [1.807, 2.05) is 0 Å². The zero-order valence-electron chi connectivity index (χ0n) is 25.1. The van der Waals surface area contributed by atoms with E-state index in [9.17, 15) is 38.7 Å². The maximum atomic E-state index is 12.2. The van der Waals surface area contributed by atoms with Gasteiger partial charge in [-0.3, -0.25) is 33.6 Å². The Balaban J connectivity index is 2.66. The Morgan fingerprint density at radius 1 is 0.477 bits per heavy atom. The molecule has 248 valence electrons. The average molecular weight is 637 g/mol. The molecule has 0 saturated carbocycles. The van der Waals surface area contributed by atoms with Crippen LogP contribution in [0, 0.1) is 0 Å². The molecule has 0 unspecified atom stereocenters. The minimum absolute atomic E-state index is 0.572. The minimum Gasteiger partial charge on any atom is -0.463 e. The molecule has 0 aromatic carbocycles. The lowest BCUT2D eigenvalue weighted by Crippen LogP contribution is -2.67. The van der Waals surface area contributed by atoms with Crippen molar-refractivity contribution in [2.45, 2.75) is 110 Å². The molecule has 0 aromatic rings. The van der Waals surface area contributed by atoms with Crippen LogP contribution in [0.4, 0.5) is 0 Å². The molecule has 18 heteroatoms. The van der Waals surface area contributed by atoms with Crippen molar-refractivity contribution in [3.8, 4) is 0 Å². The number of rotatable bonds is 11. The normalized spacial score (nSPS) is 31.5. The third-order valence-electron chi connectivity index (χ3n) is 5.90. The monoisotopic (exact) mass is 636 g/mol. The van der Waals surface area contributed by atoms with Crippen molar-refractivity contribution in [3.63, 3.8) is 0 Å². The van der Waals surface area contributed by atoms with Crippen molar-refractivity contribution >= 4 is 41.8 Å². The van der Waals surface area contributed by atoms with Crippen molar-refractivity contribution < 1.29 is 86.0 Å². The zero-order valence-corrected chi connectivity index (χ0v) is 25.1. The summed E-state index contributed by atoms with van der Waals surface area (Å²) in [6.45, 7) is 6.11. The Morgan fingerprint density at radius 2 is 0.841 bits per heavy atom. The van der Waals surface area contributed by atoms with Crippen LogP contribution in [0.15, 0.2) is 0 Å². The summed E-state index contributed by atoms with van der Waals surface area (Å²) in [5, 5.41) is 10.6. The van der Waals surface area contributed by atoms with Gasteiger partial charge in [0.2, 0.25) is 0 Å². The molecule has 44 heavy (non-hydrogen) atoms. The molecule has 2 aliphatic rings. The van der Waals surface area contributed by atoms with Crippen LogP contribution in [0.3, 0.4) is 0 Å². The third-order valence-corrected chi connectivity index (χ3v) is 5.90. The molecule has 0 bridgehead atoms. The van der Waals surface area contributed by atoms with Gasteiger partial charge in [0.05, 0.1) is 0 Å². The van der Waals surface area contributed by atoms with Gasteiger partial charge in [-0.1, -0.05) is 0 Å². The first-order valence-corrected chi connectivity index (χ1v) is 13.3. The quantitative estimate of drug-likeness (QED) is 0.203. The van der Waals surface area contributed by atoms with Gasteiger partial charge in [-0.05, 0) is 0 Å². The van der Waals surface area contributed by atoms with Crippen molar-refractivity contribution in [1.82, 2.24) is 0 Å². The highest BCUT2D eigenvalue weighted by atomic mass is 16.8. The summed E-state index contributed by atoms with van der Waals surface area (Å²) in [4.78, 5) is 83.5. The minimum atomic E-state index is -1.90. The standard InChI is InChI=1S/C26H36O18/c1-10(27)35-8-17-20(21(38-13(4)30)23(25(34)42-17)40-15(6)32)44-26-24(41-16(7)33)22(39-14(5)31)19(37-12(3)29)18(43-26)9-36-11(2)28/h17-26,34H,8-9H2,1-7H3/t17-,18+,19-,20-,21+,22-,23-,24+,25-,26-/m0/s1. The highest BCUT2D eigenvalue weighted by molar-refractivity contribution is 5.69. The SMILES string of the molecule is CC(=O)OC[C@@H]1O[C@H](O)[C@@H](OC(C)=O)[C@H](OC(C)=O)[C@H]1O[C@@H]1O[C@H](COC(C)=O)[C@H](OC(C)=O)[C@H](OC(C)=O)[C@H]1OC(C)=O. The van der Waals surface area contributed by atoms with Gasteiger partial charge >= 0.3 is 41.8 Å². The fourth-order valence-electron chi connectivity index (χ4n) is 4.49. The van der Waals surface area contributed by atoms with Gasteiger partial charge in [0.25, 0.3) is 0 Å². The summed E-state index contributed by atoms with van der Waals surface area (Å²) < 4.78 is 54.1. The largest absolute Gasteiger partial charge is 0.463 e. The maximum Gasteiger partial charge on any atom is 0.303 e. The molecule has 0 aliphatic carbocycles. The van der Waals surface area contributed by atoms with Crippen LogP contribution < -0.4 is 0 Å². The van der Waals surface area contributed by atoms with Gasteiger partial charge in [0.15, 0.2) is 43.1 Å². The van der Waals surface area contributed by atoms with Crippen LogP contribution >= 0.6 is 0 Å². The topological polar surface area (TPSA) is 232 Å². The Morgan fingerprint density at radius 3 is 1.27 bits per heavy atom. The average Bonchev–Trinajstić information content (AvgIpc) is 2.87. The van der Waals surface area contributed by atoms with E-state index in [4.69, 9.17) is 47.4 Å². The van der Waals surface area contributed by atoms with Crippen molar-refractivity contribution in [1.29, 1.82) is 0 Å². The van der Waals surface area contributed by atoms with E-state index < -0.39 is 116 Å². The van der Waals surface area contributed by atoms with Crippen LogP contribution in [0.25, 0.3) is 0 Å². The predicted octanol–water partition coefficient (Wildman–Crippen LogP) is -1.40. The fraction of sp³-hybridized carbons (Fsp3) is 0.731. The molecule has 2 saturated heterocycles. The number of esters is 7. The number of aliphatic hydroxyl groups is 1. The van der Waals surface area contributed by atoms with E-state index in [-0.39, 0.29) is 0 Å². The lowest BCUT2D eigenvalue weighted by molar-refractivity contribution is -0.357. The molecular formula is C26H36O18. The van der Waals surface area contributed by atoms with E-state index in [0.717, 1.165) is 48.5 Å². The van der Waals surface area contributed by atoms with Crippen molar-refractivity contribution in [3.05, 3.63) is 0 Å². The number of carbonyl (C=O) groups excluding carboxylic acids is 7. The molecular weight excluding hydrogens is 600 g/mol. The lowest BCUT2D eigenvalue weighted by Gasteiger charge is -2.48. The molecule has 0 radical (unpaired) electrons. The second kappa shape index (κ2) is 16.3. The molecule has 1 N–H and O–H groups in total. The summed E-state index contributed by atoms with van der Waals surface area (Å²) in [6.07, 6.45) is -16.3. The van der Waals surface area contributed by atoms with Crippen LogP contribution in [-0.4, -0.2) is 122 Å². The Hall–Kier alpha value is -3.87. The first kappa shape index (κ1) is 36.3. The fourth-order valence-corrected chi connectivity index (χ4v) is 4.49. The molecule has 0 amide bonds. The highest BCUT2D eigenvalue weighted by Crippen LogP contribution is 2.34. The van der Waals surface area contributed by atoms with Crippen molar-refractivity contribution in [2.75, 3.05) is 13.2 Å². The van der Waals surface area contributed by atoms with E-state index in [1.165, 1.54) is 0 Å². The van der Waals surface area contributed by atoms with Crippen LogP contribution in [0.1, 0.15) is 48.5 Å². The first-order valence-electron chi connectivity index (χ1n) is 13.3. The van der Waals surface area contributed by atoms with E-state index in [2.05, 4.69) is 0 Å². The molecule has 2 fully saturated rings. The lowest BCUT2D eigenvalue weighted by atomic mass is 9.96. The first-order chi connectivity index (χ1) is 20.5. The number of aliphatic hydroxyl groups excluding tert-OH is 1. The molecule has 0 spiro atoms. The summed E-state index contributed by atoms with van der Waals surface area (Å²) in [6, 6.07) is 0. The van der Waals surface area contributed by atoms with Crippen molar-refractivity contribution in [2.24, 2.45) is 0 Å². The Kier molecular flexibility index (Phi) is 13.4. The number of ether oxygens (including phenoxy) is 10. The number of hydrogen-bond donors (Lipinski definition) is 1.